The van der Waals surface area contributed by atoms with Gasteiger partial charge in [-0.2, -0.15) is 0 Å². The minimum Gasteiger partial charge on any atom is -0.486 e. The maximum atomic E-state index is 13.4. The second-order valence-electron chi connectivity index (χ2n) is 4.07. The van der Waals surface area contributed by atoms with E-state index in [4.69, 9.17) is 16.3 Å². The van der Waals surface area contributed by atoms with Crippen molar-refractivity contribution in [3.05, 3.63) is 58.4 Å². The van der Waals surface area contributed by atoms with E-state index in [0.717, 1.165) is 18.3 Å². The maximum absolute atomic E-state index is 13.4. The normalized spacial score (nSPS) is 10.3. The second kappa shape index (κ2) is 6.49. The molecular weight excluding hydrogens is 304 g/mol. The molecule has 1 aromatic heterocycles. The van der Waals surface area contributed by atoms with Gasteiger partial charge in [0.2, 0.25) is 0 Å². The van der Waals surface area contributed by atoms with Gasteiger partial charge in [-0.1, -0.05) is 11.6 Å². The molecule has 0 aliphatic carbocycles. The monoisotopic (exact) mass is 313 g/mol. The first-order chi connectivity index (χ1) is 9.99. The van der Waals surface area contributed by atoms with Crippen molar-refractivity contribution in [3.8, 4) is 5.75 Å². The van der Waals surface area contributed by atoms with E-state index in [1.807, 2.05) is 0 Å². The van der Waals surface area contributed by atoms with Crippen LogP contribution in [0.5, 0.6) is 5.75 Å². The summed E-state index contributed by atoms with van der Waals surface area (Å²) in [5.41, 5.74) is 0.426. The smallest absolute Gasteiger partial charge is 0.337 e. The van der Waals surface area contributed by atoms with E-state index in [1.165, 1.54) is 19.2 Å². The molecule has 7 heteroatoms. The van der Waals surface area contributed by atoms with Gasteiger partial charge < -0.3 is 9.47 Å². The standard InChI is InChI=1S/C14H10ClF2NO3/c1-20-14(19)9-2-8(3-10(16)4-9)7-21-12-5-11(17)6-18-13(12)15/h2-6H,7H2,1H3. The fourth-order valence-corrected chi connectivity index (χ4v) is 1.79. The first kappa shape index (κ1) is 15.2. The number of hydrogen-bond donors (Lipinski definition) is 0. The van der Waals surface area contributed by atoms with E-state index in [9.17, 15) is 13.6 Å². The summed E-state index contributed by atoms with van der Waals surface area (Å²) in [7, 11) is 1.20. The molecule has 1 heterocycles. The molecule has 0 saturated heterocycles. The molecule has 0 aliphatic heterocycles. The SMILES string of the molecule is COC(=O)c1cc(F)cc(COc2cc(F)cnc2Cl)c1. The van der Waals surface area contributed by atoms with Crippen LogP contribution in [0.25, 0.3) is 0 Å². The minimum absolute atomic E-state index is 0.0130. The summed E-state index contributed by atoms with van der Waals surface area (Å²) in [6, 6.07) is 4.71. The largest absolute Gasteiger partial charge is 0.486 e. The number of pyridine rings is 1. The molecule has 2 aromatic rings. The Balaban J connectivity index is 2.18. The molecular formula is C14H10ClF2NO3. The van der Waals surface area contributed by atoms with Crippen LogP contribution < -0.4 is 4.74 Å². The van der Waals surface area contributed by atoms with Gasteiger partial charge in [0, 0.05) is 6.07 Å². The summed E-state index contributed by atoms with van der Waals surface area (Å²) in [5.74, 6) is -1.86. The van der Waals surface area contributed by atoms with Crippen molar-refractivity contribution < 1.29 is 23.0 Å². The van der Waals surface area contributed by atoms with Gasteiger partial charge in [0.25, 0.3) is 0 Å². The Kier molecular flexibility index (Phi) is 4.70. The molecule has 21 heavy (non-hydrogen) atoms. The minimum atomic E-state index is -0.666. The number of nitrogens with zero attached hydrogens (tertiary/aromatic N) is 1. The molecule has 0 saturated carbocycles. The molecule has 0 bridgehead atoms. The number of hydrogen-bond acceptors (Lipinski definition) is 4. The molecule has 0 spiro atoms. The lowest BCUT2D eigenvalue weighted by atomic mass is 10.1. The molecule has 0 unspecified atom stereocenters. The number of carbonyl (C=O) groups is 1. The third kappa shape index (κ3) is 3.88. The highest BCUT2D eigenvalue weighted by molar-refractivity contribution is 6.30. The number of esters is 1. The Morgan fingerprint density at radius 1 is 1.24 bits per heavy atom. The molecule has 4 nitrogen and oxygen atoms in total. The van der Waals surface area contributed by atoms with E-state index in [0.29, 0.717) is 5.56 Å². The van der Waals surface area contributed by atoms with Gasteiger partial charge in [-0.15, -0.1) is 0 Å². The first-order valence-corrected chi connectivity index (χ1v) is 6.19. The van der Waals surface area contributed by atoms with Crippen LogP contribution in [0.2, 0.25) is 5.15 Å². The van der Waals surface area contributed by atoms with Gasteiger partial charge in [-0.05, 0) is 23.8 Å². The molecule has 0 N–H and O–H groups in total. The number of carbonyl (C=O) groups excluding carboxylic acids is 1. The Hall–Kier alpha value is -2.21. The lowest BCUT2D eigenvalue weighted by Crippen LogP contribution is -2.05. The van der Waals surface area contributed by atoms with Crippen LogP contribution >= 0.6 is 11.6 Å². The van der Waals surface area contributed by atoms with Crippen LogP contribution in [0.15, 0.2) is 30.5 Å². The van der Waals surface area contributed by atoms with Crippen molar-refractivity contribution in [1.29, 1.82) is 0 Å². The van der Waals surface area contributed by atoms with Crippen LogP contribution in [0.1, 0.15) is 15.9 Å². The van der Waals surface area contributed by atoms with Crippen molar-refractivity contribution in [2.24, 2.45) is 0 Å². The third-order valence-corrected chi connectivity index (χ3v) is 2.83. The van der Waals surface area contributed by atoms with Crippen LogP contribution in [-0.2, 0) is 11.3 Å². The van der Waals surface area contributed by atoms with Crippen molar-refractivity contribution in [2.45, 2.75) is 6.61 Å². The summed E-state index contributed by atoms with van der Waals surface area (Å²) in [4.78, 5) is 15.0. The van der Waals surface area contributed by atoms with Gasteiger partial charge in [0.15, 0.2) is 10.9 Å². The Bertz CT molecular complexity index is 679. The van der Waals surface area contributed by atoms with Crippen LogP contribution in [0, 0.1) is 11.6 Å². The van der Waals surface area contributed by atoms with Crippen molar-refractivity contribution >= 4 is 17.6 Å². The predicted molar refractivity (Wildman–Crippen MR) is 71.3 cm³/mol. The molecule has 0 aliphatic rings. The Labute approximate surface area is 124 Å². The zero-order valence-electron chi connectivity index (χ0n) is 10.9. The van der Waals surface area contributed by atoms with Crippen LogP contribution in [0.4, 0.5) is 8.78 Å². The second-order valence-corrected chi connectivity index (χ2v) is 4.43. The molecule has 2 rings (SSSR count). The average molecular weight is 314 g/mol. The van der Waals surface area contributed by atoms with Crippen molar-refractivity contribution in [3.63, 3.8) is 0 Å². The van der Waals surface area contributed by atoms with Gasteiger partial charge in [-0.25, -0.2) is 18.6 Å². The zero-order valence-corrected chi connectivity index (χ0v) is 11.7. The highest BCUT2D eigenvalue weighted by atomic mass is 35.5. The summed E-state index contributed by atoms with van der Waals surface area (Å²) in [5, 5.41) is -0.0130. The zero-order chi connectivity index (χ0) is 15.4. The fraction of sp³-hybridized carbons (Fsp3) is 0.143. The van der Waals surface area contributed by atoms with Gasteiger partial charge >= 0.3 is 5.97 Å². The lowest BCUT2D eigenvalue weighted by Gasteiger charge is -2.09. The number of benzene rings is 1. The van der Waals surface area contributed by atoms with Crippen LogP contribution in [0.3, 0.4) is 0 Å². The topological polar surface area (TPSA) is 48.4 Å². The maximum Gasteiger partial charge on any atom is 0.337 e. The van der Waals surface area contributed by atoms with Gasteiger partial charge in [0.05, 0.1) is 18.9 Å². The van der Waals surface area contributed by atoms with Crippen molar-refractivity contribution in [2.75, 3.05) is 7.11 Å². The average Bonchev–Trinajstić information content (AvgIpc) is 2.46. The number of rotatable bonds is 4. The highest BCUT2D eigenvalue weighted by Gasteiger charge is 2.10. The summed E-state index contributed by atoms with van der Waals surface area (Å²) >= 11 is 5.75. The number of methoxy groups -OCH3 is 1. The molecule has 0 radical (unpaired) electrons. The number of ether oxygens (including phenoxy) is 2. The fourth-order valence-electron chi connectivity index (χ4n) is 1.64. The number of halogens is 3. The number of aromatic nitrogens is 1. The van der Waals surface area contributed by atoms with Crippen molar-refractivity contribution in [1.82, 2.24) is 4.98 Å². The highest BCUT2D eigenvalue weighted by Crippen LogP contribution is 2.23. The lowest BCUT2D eigenvalue weighted by molar-refractivity contribution is 0.0600. The molecule has 110 valence electrons. The Morgan fingerprint density at radius 3 is 2.71 bits per heavy atom. The summed E-state index contributed by atoms with van der Waals surface area (Å²) in [6.07, 6.45) is 0.951. The van der Waals surface area contributed by atoms with Gasteiger partial charge in [0.1, 0.15) is 18.2 Å². The summed E-state index contributed by atoms with van der Waals surface area (Å²) < 4.78 is 36.3. The molecule has 0 atom stereocenters. The Morgan fingerprint density at radius 2 is 2.00 bits per heavy atom. The summed E-state index contributed by atoms with van der Waals surface area (Å²) in [6.45, 7) is -0.105. The molecule has 0 fully saturated rings. The predicted octanol–water partition coefficient (Wildman–Crippen LogP) is 3.38. The van der Waals surface area contributed by atoms with Crippen LogP contribution in [-0.4, -0.2) is 18.1 Å². The third-order valence-electron chi connectivity index (χ3n) is 2.55. The van der Waals surface area contributed by atoms with E-state index in [1.54, 1.807) is 0 Å². The quantitative estimate of drug-likeness (QED) is 0.641. The first-order valence-electron chi connectivity index (χ1n) is 5.81. The molecule has 0 amide bonds. The molecule has 1 aromatic carbocycles. The van der Waals surface area contributed by atoms with E-state index in [-0.39, 0.29) is 23.1 Å². The van der Waals surface area contributed by atoms with E-state index < -0.39 is 17.6 Å². The van der Waals surface area contributed by atoms with E-state index in [2.05, 4.69) is 9.72 Å². The van der Waals surface area contributed by atoms with E-state index >= 15 is 0 Å². The van der Waals surface area contributed by atoms with Gasteiger partial charge in [-0.3, -0.25) is 0 Å².